The third-order valence-electron chi connectivity index (χ3n) is 1.89. The van der Waals surface area contributed by atoms with Crippen LogP contribution in [0.4, 0.5) is 10.7 Å². The Hall–Kier alpha value is -1.17. The van der Waals surface area contributed by atoms with Gasteiger partial charge in [-0.05, 0) is 29.8 Å². The number of nitrogens with zero attached hydrogens (tertiary/aromatic N) is 3. The zero-order valence-corrected chi connectivity index (χ0v) is 10.3. The molecule has 15 heavy (non-hydrogen) atoms. The van der Waals surface area contributed by atoms with Gasteiger partial charge in [-0.25, -0.2) is 14.8 Å². The number of carbonyl (C=O) groups excluding carboxylic acids is 1. The van der Waals surface area contributed by atoms with Crippen LogP contribution in [0, 0.1) is 0 Å². The Balaban J connectivity index is 2.61. The second-order valence-corrected chi connectivity index (χ2v) is 3.74. The highest BCUT2D eigenvalue weighted by Gasteiger charge is 2.10. The summed E-state index contributed by atoms with van der Waals surface area (Å²) in [6.07, 6.45) is 3.18. The van der Waals surface area contributed by atoms with E-state index in [0.29, 0.717) is 19.0 Å². The van der Waals surface area contributed by atoms with Gasteiger partial charge in [-0.15, -0.1) is 0 Å². The highest BCUT2D eigenvalue weighted by molar-refractivity contribution is 9.10. The number of rotatable bonds is 3. The molecule has 82 valence electrons. The highest BCUT2D eigenvalue weighted by atomic mass is 79.9. The molecule has 0 unspecified atom stereocenters. The first-order chi connectivity index (χ1) is 7.17. The van der Waals surface area contributed by atoms with E-state index in [2.05, 4.69) is 31.2 Å². The lowest BCUT2D eigenvalue weighted by molar-refractivity contribution is 0.217. The molecule has 0 aliphatic rings. The Morgan fingerprint density at radius 3 is 2.40 bits per heavy atom. The normalized spacial score (nSPS) is 9.80. The zero-order chi connectivity index (χ0) is 11.3. The molecule has 0 fully saturated rings. The third-order valence-corrected chi connectivity index (χ3v) is 2.30. The van der Waals surface area contributed by atoms with Gasteiger partial charge in [-0.3, -0.25) is 5.32 Å². The van der Waals surface area contributed by atoms with E-state index in [4.69, 9.17) is 0 Å². The molecule has 0 saturated carbocycles. The third kappa shape index (κ3) is 3.47. The fourth-order valence-electron chi connectivity index (χ4n) is 1.06. The number of hydrogen-bond donors (Lipinski definition) is 1. The standard InChI is InChI=1S/C9H13BrN4O/c1-3-14(4-2)9(15)13-8-11-5-7(10)6-12-8/h5-6H,3-4H2,1-2H3,(H,11,12,13,15). The smallest absolute Gasteiger partial charge is 0.324 e. The molecule has 1 aromatic heterocycles. The fraction of sp³-hybridized carbons (Fsp3) is 0.444. The monoisotopic (exact) mass is 272 g/mol. The van der Waals surface area contributed by atoms with Crippen LogP contribution in [0.2, 0.25) is 0 Å². The molecule has 0 aliphatic heterocycles. The lowest BCUT2D eigenvalue weighted by atomic mass is 10.5. The summed E-state index contributed by atoms with van der Waals surface area (Å²) in [7, 11) is 0. The van der Waals surface area contributed by atoms with Gasteiger partial charge in [0.2, 0.25) is 5.95 Å². The molecular formula is C9H13BrN4O. The Labute approximate surface area is 97.0 Å². The molecule has 2 amide bonds. The van der Waals surface area contributed by atoms with Crippen molar-refractivity contribution in [3.63, 3.8) is 0 Å². The molecular weight excluding hydrogens is 260 g/mol. The maximum Gasteiger partial charge on any atom is 0.324 e. The van der Waals surface area contributed by atoms with E-state index in [-0.39, 0.29) is 6.03 Å². The van der Waals surface area contributed by atoms with Crippen molar-refractivity contribution in [2.45, 2.75) is 13.8 Å². The van der Waals surface area contributed by atoms with E-state index in [9.17, 15) is 4.79 Å². The van der Waals surface area contributed by atoms with Crippen LogP contribution in [0.5, 0.6) is 0 Å². The van der Waals surface area contributed by atoms with Crippen LogP contribution < -0.4 is 5.32 Å². The van der Waals surface area contributed by atoms with Gasteiger partial charge in [-0.1, -0.05) is 0 Å². The van der Waals surface area contributed by atoms with E-state index in [0.717, 1.165) is 4.47 Å². The number of urea groups is 1. The summed E-state index contributed by atoms with van der Waals surface area (Å²) in [5.41, 5.74) is 0. The molecule has 0 radical (unpaired) electrons. The maximum absolute atomic E-state index is 11.6. The van der Waals surface area contributed by atoms with Gasteiger partial charge < -0.3 is 4.90 Å². The molecule has 0 bridgehead atoms. The number of amides is 2. The quantitative estimate of drug-likeness (QED) is 0.917. The number of aromatic nitrogens is 2. The fourth-order valence-corrected chi connectivity index (χ4v) is 1.27. The predicted molar refractivity (Wildman–Crippen MR) is 61.7 cm³/mol. The first-order valence-corrected chi connectivity index (χ1v) is 5.50. The second-order valence-electron chi connectivity index (χ2n) is 2.83. The molecule has 6 heteroatoms. The van der Waals surface area contributed by atoms with Crippen LogP contribution in [0.1, 0.15) is 13.8 Å². The number of carbonyl (C=O) groups is 1. The van der Waals surface area contributed by atoms with Gasteiger partial charge in [0.05, 0.1) is 4.47 Å². The number of anilines is 1. The Bertz CT molecular complexity index is 323. The molecule has 1 N–H and O–H groups in total. The van der Waals surface area contributed by atoms with Crippen molar-refractivity contribution in [3.8, 4) is 0 Å². The molecule has 1 rings (SSSR count). The first kappa shape index (κ1) is 11.9. The molecule has 0 aromatic carbocycles. The maximum atomic E-state index is 11.6. The predicted octanol–water partition coefficient (Wildman–Crippen LogP) is 2.11. The van der Waals surface area contributed by atoms with Crippen LogP contribution in [-0.2, 0) is 0 Å². The van der Waals surface area contributed by atoms with Crippen molar-refractivity contribution in [2.75, 3.05) is 18.4 Å². The van der Waals surface area contributed by atoms with E-state index in [1.165, 1.54) is 0 Å². The van der Waals surface area contributed by atoms with Gasteiger partial charge in [-0.2, -0.15) is 0 Å². The van der Waals surface area contributed by atoms with Crippen molar-refractivity contribution in [1.82, 2.24) is 14.9 Å². The molecule has 1 heterocycles. The lowest BCUT2D eigenvalue weighted by Gasteiger charge is -2.18. The summed E-state index contributed by atoms with van der Waals surface area (Å²) in [5.74, 6) is 0.315. The number of nitrogens with one attached hydrogen (secondary N) is 1. The topological polar surface area (TPSA) is 58.1 Å². The summed E-state index contributed by atoms with van der Waals surface area (Å²) < 4.78 is 0.781. The molecule has 0 aliphatic carbocycles. The van der Waals surface area contributed by atoms with E-state index in [1.54, 1.807) is 17.3 Å². The Morgan fingerprint density at radius 1 is 1.40 bits per heavy atom. The summed E-state index contributed by atoms with van der Waals surface area (Å²) in [5, 5.41) is 2.62. The Morgan fingerprint density at radius 2 is 1.93 bits per heavy atom. The van der Waals surface area contributed by atoms with E-state index < -0.39 is 0 Å². The van der Waals surface area contributed by atoms with Crippen molar-refractivity contribution < 1.29 is 4.79 Å². The number of halogens is 1. The summed E-state index contributed by atoms with van der Waals surface area (Å²) in [6, 6.07) is -0.178. The second kappa shape index (κ2) is 5.65. The van der Waals surface area contributed by atoms with Crippen molar-refractivity contribution >= 4 is 27.9 Å². The minimum absolute atomic E-state index is 0.178. The molecule has 0 saturated heterocycles. The largest absolute Gasteiger partial charge is 0.325 e. The van der Waals surface area contributed by atoms with Gasteiger partial charge in [0.15, 0.2) is 0 Å². The van der Waals surface area contributed by atoms with Crippen molar-refractivity contribution in [3.05, 3.63) is 16.9 Å². The van der Waals surface area contributed by atoms with Crippen molar-refractivity contribution in [1.29, 1.82) is 0 Å². The summed E-state index contributed by atoms with van der Waals surface area (Å²) >= 11 is 3.22. The first-order valence-electron chi connectivity index (χ1n) is 4.70. The summed E-state index contributed by atoms with van der Waals surface area (Å²) in [6.45, 7) is 5.18. The summed E-state index contributed by atoms with van der Waals surface area (Å²) in [4.78, 5) is 21.1. The lowest BCUT2D eigenvalue weighted by Crippen LogP contribution is -2.34. The minimum atomic E-state index is -0.178. The van der Waals surface area contributed by atoms with Crippen molar-refractivity contribution in [2.24, 2.45) is 0 Å². The van der Waals surface area contributed by atoms with Crippen LogP contribution in [0.3, 0.4) is 0 Å². The average Bonchev–Trinajstić information content (AvgIpc) is 2.23. The van der Waals surface area contributed by atoms with E-state index in [1.807, 2.05) is 13.8 Å². The molecule has 0 spiro atoms. The molecule has 0 atom stereocenters. The van der Waals surface area contributed by atoms with Gasteiger partial charge in [0.25, 0.3) is 0 Å². The SMILES string of the molecule is CCN(CC)C(=O)Nc1ncc(Br)cn1. The zero-order valence-electron chi connectivity index (χ0n) is 8.70. The van der Waals surface area contributed by atoms with Crippen LogP contribution in [0.15, 0.2) is 16.9 Å². The van der Waals surface area contributed by atoms with Gasteiger partial charge >= 0.3 is 6.03 Å². The van der Waals surface area contributed by atoms with Gasteiger partial charge in [0.1, 0.15) is 0 Å². The molecule has 5 nitrogen and oxygen atoms in total. The number of hydrogen-bond acceptors (Lipinski definition) is 3. The van der Waals surface area contributed by atoms with Gasteiger partial charge in [0, 0.05) is 25.5 Å². The van der Waals surface area contributed by atoms with Crippen LogP contribution in [-0.4, -0.2) is 34.0 Å². The highest BCUT2D eigenvalue weighted by Crippen LogP contribution is 2.07. The van der Waals surface area contributed by atoms with E-state index >= 15 is 0 Å². The van der Waals surface area contributed by atoms with Crippen LogP contribution >= 0.6 is 15.9 Å². The van der Waals surface area contributed by atoms with Crippen LogP contribution in [0.25, 0.3) is 0 Å². The minimum Gasteiger partial charge on any atom is -0.325 e. The Kier molecular flexibility index (Phi) is 4.48. The molecule has 1 aromatic rings. The average molecular weight is 273 g/mol.